The third kappa shape index (κ3) is 4.35. The van der Waals surface area contributed by atoms with Gasteiger partial charge >= 0.3 is 0 Å². The summed E-state index contributed by atoms with van der Waals surface area (Å²) in [6.45, 7) is 3.74. The maximum absolute atomic E-state index is 12.6. The topological polar surface area (TPSA) is 60.8 Å². The molecule has 0 unspecified atom stereocenters. The SMILES string of the molecule is CCOC[C@@H](CC(=O)Cc1cc2c(cn1)C(OC)=NC2)c1ccccc1. The molecule has 0 saturated carbocycles. The van der Waals surface area contributed by atoms with Crippen LogP contribution in [0.3, 0.4) is 0 Å². The highest BCUT2D eigenvalue weighted by molar-refractivity contribution is 5.97. The van der Waals surface area contributed by atoms with Crippen LogP contribution < -0.4 is 0 Å². The zero-order valence-electron chi connectivity index (χ0n) is 15.3. The van der Waals surface area contributed by atoms with Crippen molar-refractivity contribution in [2.75, 3.05) is 20.3 Å². The lowest BCUT2D eigenvalue weighted by atomic mass is 9.93. The highest BCUT2D eigenvalue weighted by Gasteiger charge is 2.20. The molecule has 1 atom stereocenters. The van der Waals surface area contributed by atoms with Gasteiger partial charge in [0.2, 0.25) is 5.90 Å². The highest BCUT2D eigenvalue weighted by atomic mass is 16.5. The maximum atomic E-state index is 12.6. The molecule has 0 amide bonds. The predicted octanol–water partition coefficient (Wildman–Crippen LogP) is 3.31. The molecular formula is C21H24N2O3. The molecule has 3 rings (SSSR count). The Morgan fingerprint density at radius 3 is 2.81 bits per heavy atom. The van der Waals surface area contributed by atoms with E-state index in [-0.39, 0.29) is 11.7 Å². The molecule has 1 aromatic carbocycles. The summed E-state index contributed by atoms with van der Waals surface area (Å²) in [5.74, 6) is 0.852. The van der Waals surface area contributed by atoms with Crippen molar-refractivity contribution in [3.63, 3.8) is 0 Å². The van der Waals surface area contributed by atoms with Crippen molar-refractivity contribution in [2.45, 2.75) is 32.2 Å². The van der Waals surface area contributed by atoms with Crippen LogP contribution >= 0.6 is 0 Å². The van der Waals surface area contributed by atoms with Crippen LogP contribution in [0.25, 0.3) is 0 Å². The fourth-order valence-corrected chi connectivity index (χ4v) is 3.19. The number of carbonyl (C=O) groups is 1. The Bertz CT molecular complexity index is 787. The molecule has 5 heteroatoms. The smallest absolute Gasteiger partial charge is 0.218 e. The Kier molecular flexibility index (Phi) is 6.12. The molecule has 136 valence electrons. The summed E-state index contributed by atoms with van der Waals surface area (Å²) < 4.78 is 10.8. The monoisotopic (exact) mass is 352 g/mol. The summed E-state index contributed by atoms with van der Waals surface area (Å²) in [6, 6.07) is 12.0. The number of benzene rings is 1. The Hall–Kier alpha value is -2.53. The van der Waals surface area contributed by atoms with Crippen molar-refractivity contribution in [3.8, 4) is 0 Å². The number of pyridine rings is 1. The van der Waals surface area contributed by atoms with Crippen LogP contribution in [-0.4, -0.2) is 37.0 Å². The Morgan fingerprint density at radius 2 is 2.08 bits per heavy atom. The molecule has 26 heavy (non-hydrogen) atoms. The second-order valence-corrected chi connectivity index (χ2v) is 6.34. The average molecular weight is 352 g/mol. The molecule has 5 nitrogen and oxygen atoms in total. The van der Waals surface area contributed by atoms with E-state index in [0.29, 0.717) is 38.5 Å². The molecule has 0 fully saturated rings. The van der Waals surface area contributed by atoms with Crippen LogP contribution in [0.15, 0.2) is 47.6 Å². The predicted molar refractivity (Wildman–Crippen MR) is 100 cm³/mol. The summed E-state index contributed by atoms with van der Waals surface area (Å²) in [7, 11) is 1.60. The number of aromatic nitrogens is 1. The van der Waals surface area contributed by atoms with Crippen LogP contribution in [-0.2, 0) is 27.2 Å². The number of carbonyl (C=O) groups excluding carboxylic acids is 1. The lowest BCUT2D eigenvalue weighted by Crippen LogP contribution is -2.15. The number of nitrogens with zero attached hydrogens (tertiary/aromatic N) is 2. The normalized spacial score (nSPS) is 13.8. The standard InChI is InChI=1S/C21H24N2O3/c1-3-26-14-17(15-7-5-4-6-8-15)10-19(24)11-18-9-16-12-23-21(25-2)20(16)13-22-18/h4-9,13,17H,3,10-12,14H2,1-2H3/t17-/m1/s1. The minimum atomic E-state index is 0.0708. The maximum Gasteiger partial charge on any atom is 0.218 e. The van der Waals surface area contributed by atoms with Gasteiger partial charge in [-0.25, -0.2) is 4.99 Å². The number of hydrogen-bond donors (Lipinski definition) is 0. The molecule has 0 aliphatic carbocycles. The van der Waals surface area contributed by atoms with E-state index in [1.54, 1.807) is 13.3 Å². The fourth-order valence-electron chi connectivity index (χ4n) is 3.19. The van der Waals surface area contributed by atoms with Gasteiger partial charge in [0.25, 0.3) is 0 Å². The second-order valence-electron chi connectivity index (χ2n) is 6.34. The van der Waals surface area contributed by atoms with Crippen molar-refractivity contribution >= 4 is 11.7 Å². The molecule has 2 aromatic rings. The average Bonchev–Trinajstić information content (AvgIpc) is 3.08. The zero-order valence-corrected chi connectivity index (χ0v) is 15.3. The van der Waals surface area contributed by atoms with Gasteiger partial charge in [-0.3, -0.25) is 9.78 Å². The first-order chi connectivity index (χ1) is 12.7. The van der Waals surface area contributed by atoms with Crippen molar-refractivity contribution in [1.82, 2.24) is 4.98 Å². The van der Waals surface area contributed by atoms with Gasteiger partial charge in [0.05, 0.1) is 25.8 Å². The van der Waals surface area contributed by atoms with E-state index in [1.165, 1.54) is 0 Å². The number of ether oxygens (including phenoxy) is 2. The first-order valence-electron chi connectivity index (χ1n) is 8.92. The van der Waals surface area contributed by atoms with Gasteiger partial charge in [-0.2, -0.15) is 0 Å². The number of hydrogen-bond acceptors (Lipinski definition) is 5. The highest BCUT2D eigenvalue weighted by Crippen LogP contribution is 2.23. The lowest BCUT2D eigenvalue weighted by Gasteiger charge is -2.16. The van der Waals surface area contributed by atoms with Gasteiger partial charge < -0.3 is 9.47 Å². The second kappa shape index (κ2) is 8.72. The third-order valence-electron chi connectivity index (χ3n) is 4.51. The number of aliphatic imine (C=N–C) groups is 1. The van der Waals surface area contributed by atoms with Crippen molar-refractivity contribution < 1.29 is 14.3 Å². The van der Waals surface area contributed by atoms with Crippen molar-refractivity contribution in [3.05, 3.63) is 65.0 Å². The van der Waals surface area contributed by atoms with E-state index >= 15 is 0 Å². The number of ketones is 1. The largest absolute Gasteiger partial charge is 0.481 e. The summed E-state index contributed by atoms with van der Waals surface area (Å²) in [5, 5.41) is 0. The number of rotatable bonds is 8. The molecule has 0 N–H and O–H groups in total. The van der Waals surface area contributed by atoms with Crippen LogP contribution in [0.5, 0.6) is 0 Å². The Balaban J connectivity index is 1.65. The van der Waals surface area contributed by atoms with Crippen LogP contribution in [0.2, 0.25) is 0 Å². The first kappa shape index (κ1) is 18.3. The third-order valence-corrected chi connectivity index (χ3v) is 4.51. The lowest BCUT2D eigenvalue weighted by molar-refractivity contribution is -0.119. The van der Waals surface area contributed by atoms with E-state index < -0.39 is 0 Å². The van der Waals surface area contributed by atoms with Gasteiger partial charge in [0.15, 0.2) is 0 Å². The van der Waals surface area contributed by atoms with Gasteiger partial charge in [0, 0.05) is 37.3 Å². The van der Waals surface area contributed by atoms with E-state index in [0.717, 1.165) is 22.4 Å². The fraction of sp³-hybridized carbons (Fsp3) is 0.381. The Morgan fingerprint density at radius 1 is 1.27 bits per heavy atom. The van der Waals surface area contributed by atoms with Gasteiger partial charge in [-0.05, 0) is 24.1 Å². The number of methoxy groups -OCH3 is 1. The minimum absolute atomic E-state index is 0.0708. The molecule has 0 spiro atoms. The molecule has 1 aliphatic heterocycles. The summed E-state index contributed by atoms with van der Waals surface area (Å²) in [5.41, 5.74) is 3.90. The van der Waals surface area contributed by atoms with E-state index in [2.05, 4.69) is 9.98 Å². The molecule has 1 aromatic heterocycles. The number of fused-ring (bicyclic) bond motifs is 1. The van der Waals surface area contributed by atoms with Gasteiger partial charge in [-0.1, -0.05) is 30.3 Å². The summed E-state index contributed by atoms with van der Waals surface area (Å²) in [4.78, 5) is 21.4. The van der Waals surface area contributed by atoms with E-state index in [9.17, 15) is 4.79 Å². The number of Topliss-reactive ketones (excluding diaryl/α,β-unsaturated/α-hetero) is 1. The molecule has 0 saturated heterocycles. The van der Waals surface area contributed by atoms with Crippen LogP contribution in [0.4, 0.5) is 0 Å². The molecular weight excluding hydrogens is 328 g/mol. The van der Waals surface area contributed by atoms with Gasteiger partial charge in [-0.15, -0.1) is 0 Å². The van der Waals surface area contributed by atoms with E-state index in [4.69, 9.17) is 9.47 Å². The molecule has 1 aliphatic rings. The first-order valence-corrected chi connectivity index (χ1v) is 8.92. The summed E-state index contributed by atoms with van der Waals surface area (Å²) >= 11 is 0. The molecule has 0 radical (unpaired) electrons. The van der Waals surface area contributed by atoms with Crippen molar-refractivity contribution in [2.24, 2.45) is 4.99 Å². The Labute approximate surface area is 154 Å². The van der Waals surface area contributed by atoms with Crippen LogP contribution in [0.1, 0.15) is 41.6 Å². The van der Waals surface area contributed by atoms with Gasteiger partial charge in [0.1, 0.15) is 5.78 Å². The summed E-state index contributed by atoms with van der Waals surface area (Å²) in [6.07, 6.45) is 2.52. The van der Waals surface area contributed by atoms with Crippen LogP contribution in [0, 0.1) is 0 Å². The molecule has 2 heterocycles. The molecule has 0 bridgehead atoms. The van der Waals surface area contributed by atoms with E-state index in [1.807, 2.05) is 43.3 Å². The quantitative estimate of drug-likeness (QED) is 0.731. The minimum Gasteiger partial charge on any atom is -0.481 e. The zero-order chi connectivity index (χ0) is 18.4. The van der Waals surface area contributed by atoms with Crippen molar-refractivity contribution in [1.29, 1.82) is 0 Å².